The SMILES string of the molecule is COc1ccc(CCNC(=O)c2coc(C)n2)cc1OC. The minimum atomic E-state index is -0.243. The van der Waals surface area contributed by atoms with Crippen LogP contribution in [0.25, 0.3) is 0 Å². The highest BCUT2D eigenvalue weighted by Crippen LogP contribution is 2.27. The number of nitrogens with one attached hydrogen (secondary N) is 1. The molecule has 2 aromatic rings. The molecule has 6 nitrogen and oxygen atoms in total. The van der Waals surface area contributed by atoms with Crippen molar-refractivity contribution in [1.82, 2.24) is 10.3 Å². The fourth-order valence-electron chi connectivity index (χ4n) is 1.91. The molecule has 1 heterocycles. The third kappa shape index (κ3) is 3.75. The van der Waals surface area contributed by atoms with E-state index in [2.05, 4.69) is 10.3 Å². The molecule has 2 rings (SSSR count). The fourth-order valence-corrected chi connectivity index (χ4v) is 1.91. The smallest absolute Gasteiger partial charge is 0.273 e. The van der Waals surface area contributed by atoms with Gasteiger partial charge in [0.25, 0.3) is 5.91 Å². The van der Waals surface area contributed by atoms with Crippen molar-refractivity contribution in [3.05, 3.63) is 41.6 Å². The average molecular weight is 290 g/mol. The van der Waals surface area contributed by atoms with Gasteiger partial charge in [0.15, 0.2) is 23.1 Å². The van der Waals surface area contributed by atoms with E-state index in [0.717, 1.165) is 5.56 Å². The third-order valence-corrected chi connectivity index (χ3v) is 3.00. The van der Waals surface area contributed by atoms with Crippen LogP contribution in [0.15, 0.2) is 28.9 Å². The Morgan fingerprint density at radius 3 is 2.67 bits per heavy atom. The first-order valence-corrected chi connectivity index (χ1v) is 6.55. The quantitative estimate of drug-likeness (QED) is 0.880. The second-order valence-electron chi connectivity index (χ2n) is 4.45. The van der Waals surface area contributed by atoms with Crippen LogP contribution in [0.5, 0.6) is 11.5 Å². The van der Waals surface area contributed by atoms with Gasteiger partial charge in [0.1, 0.15) is 6.26 Å². The lowest BCUT2D eigenvalue weighted by atomic mass is 10.1. The number of nitrogens with zero attached hydrogens (tertiary/aromatic N) is 1. The highest BCUT2D eigenvalue weighted by Gasteiger charge is 2.10. The number of benzene rings is 1. The molecule has 0 bridgehead atoms. The Bertz CT molecular complexity index is 622. The summed E-state index contributed by atoms with van der Waals surface area (Å²) in [7, 11) is 3.19. The number of methoxy groups -OCH3 is 2. The fraction of sp³-hybridized carbons (Fsp3) is 0.333. The molecule has 0 aliphatic carbocycles. The maximum absolute atomic E-state index is 11.8. The topological polar surface area (TPSA) is 73.6 Å². The zero-order valence-electron chi connectivity index (χ0n) is 12.3. The van der Waals surface area contributed by atoms with E-state index in [0.29, 0.717) is 36.0 Å². The first-order chi connectivity index (χ1) is 10.1. The Labute approximate surface area is 123 Å². The molecule has 0 atom stereocenters. The number of ether oxygens (including phenoxy) is 2. The third-order valence-electron chi connectivity index (χ3n) is 3.00. The van der Waals surface area contributed by atoms with E-state index in [-0.39, 0.29) is 5.91 Å². The largest absolute Gasteiger partial charge is 0.493 e. The predicted molar refractivity (Wildman–Crippen MR) is 76.8 cm³/mol. The first-order valence-electron chi connectivity index (χ1n) is 6.55. The van der Waals surface area contributed by atoms with E-state index in [9.17, 15) is 4.79 Å². The molecule has 0 saturated heterocycles. The van der Waals surface area contributed by atoms with Crippen molar-refractivity contribution in [1.29, 1.82) is 0 Å². The maximum atomic E-state index is 11.8. The van der Waals surface area contributed by atoms with Crippen LogP contribution >= 0.6 is 0 Å². The number of aryl methyl sites for hydroxylation is 1. The van der Waals surface area contributed by atoms with E-state index >= 15 is 0 Å². The van der Waals surface area contributed by atoms with E-state index < -0.39 is 0 Å². The Balaban J connectivity index is 1.90. The number of rotatable bonds is 6. The molecule has 1 aromatic carbocycles. The van der Waals surface area contributed by atoms with Crippen molar-refractivity contribution in [2.45, 2.75) is 13.3 Å². The zero-order valence-corrected chi connectivity index (χ0v) is 12.3. The van der Waals surface area contributed by atoms with Crippen molar-refractivity contribution in [3.8, 4) is 11.5 Å². The van der Waals surface area contributed by atoms with E-state index in [1.165, 1.54) is 6.26 Å². The molecule has 0 aliphatic rings. The highest BCUT2D eigenvalue weighted by atomic mass is 16.5. The standard InChI is InChI=1S/C15H18N2O4/c1-10-17-12(9-21-10)15(18)16-7-6-11-4-5-13(19-2)14(8-11)20-3/h4-5,8-9H,6-7H2,1-3H3,(H,16,18). The number of hydrogen-bond acceptors (Lipinski definition) is 5. The van der Waals surface area contributed by atoms with Crippen molar-refractivity contribution < 1.29 is 18.7 Å². The average Bonchev–Trinajstić information content (AvgIpc) is 2.93. The Morgan fingerprint density at radius 2 is 2.05 bits per heavy atom. The van der Waals surface area contributed by atoms with Crippen LogP contribution in [0.1, 0.15) is 21.9 Å². The van der Waals surface area contributed by atoms with E-state index in [1.54, 1.807) is 21.1 Å². The summed E-state index contributed by atoms with van der Waals surface area (Å²) in [4.78, 5) is 15.8. The summed E-state index contributed by atoms with van der Waals surface area (Å²) in [6.07, 6.45) is 2.03. The van der Waals surface area contributed by atoms with Gasteiger partial charge in [-0.1, -0.05) is 6.07 Å². The molecular weight excluding hydrogens is 272 g/mol. The zero-order chi connectivity index (χ0) is 15.2. The predicted octanol–water partition coefficient (Wildman–Crippen LogP) is 1.97. The Hall–Kier alpha value is -2.50. The van der Waals surface area contributed by atoms with Crippen LogP contribution in [0.2, 0.25) is 0 Å². The van der Waals surface area contributed by atoms with Crippen LogP contribution in [0, 0.1) is 6.92 Å². The van der Waals surface area contributed by atoms with Gasteiger partial charge in [0.05, 0.1) is 14.2 Å². The second kappa shape index (κ2) is 6.78. The molecule has 1 aromatic heterocycles. The molecule has 0 unspecified atom stereocenters. The minimum Gasteiger partial charge on any atom is -0.493 e. The lowest BCUT2D eigenvalue weighted by molar-refractivity contribution is 0.0949. The summed E-state index contributed by atoms with van der Waals surface area (Å²) in [5.74, 6) is 1.59. The van der Waals surface area contributed by atoms with Crippen molar-refractivity contribution in [2.75, 3.05) is 20.8 Å². The first kappa shape index (κ1) is 14.9. The monoisotopic (exact) mass is 290 g/mol. The number of hydrogen-bond donors (Lipinski definition) is 1. The molecular formula is C15H18N2O4. The van der Waals surface area contributed by atoms with Gasteiger partial charge in [-0.25, -0.2) is 4.98 Å². The summed E-state index contributed by atoms with van der Waals surface area (Å²) >= 11 is 0. The van der Waals surface area contributed by atoms with Crippen molar-refractivity contribution >= 4 is 5.91 Å². The maximum Gasteiger partial charge on any atom is 0.273 e. The number of carbonyl (C=O) groups excluding carboxylic acids is 1. The number of amides is 1. The molecule has 6 heteroatoms. The van der Waals surface area contributed by atoms with Gasteiger partial charge in [-0.3, -0.25) is 4.79 Å². The van der Waals surface area contributed by atoms with Gasteiger partial charge in [0.2, 0.25) is 0 Å². The molecule has 0 radical (unpaired) electrons. The molecule has 0 fully saturated rings. The van der Waals surface area contributed by atoms with Crippen LogP contribution in [0.3, 0.4) is 0 Å². The molecule has 21 heavy (non-hydrogen) atoms. The summed E-state index contributed by atoms with van der Waals surface area (Å²) in [5.41, 5.74) is 1.34. The highest BCUT2D eigenvalue weighted by molar-refractivity contribution is 5.91. The van der Waals surface area contributed by atoms with E-state index in [4.69, 9.17) is 13.9 Å². The summed E-state index contributed by atoms with van der Waals surface area (Å²) in [6.45, 7) is 2.20. The molecule has 0 aliphatic heterocycles. The molecule has 1 amide bonds. The van der Waals surface area contributed by atoms with E-state index in [1.807, 2.05) is 18.2 Å². The molecule has 0 spiro atoms. The Morgan fingerprint density at radius 1 is 1.29 bits per heavy atom. The van der Waals surface area contributed by atoms with Crippen LogP contribution in [-0.4, -0.2) is 31.7 Å². The minimum absolute atomic E-state index is 0.243. The summed E-state index contributed by atoms with van der Waals surface area (Å²) in [6, 6.07) is 5.68. The molecule has 112 valence electrons. The number of oxazole rings is 1. The Kier molecular flexibility index (Phi) is 4.81. The van der Waals surface area contributed by atoms with Crippen molar-refractivity contribution in [3.63, 3.8) is 0 Å². The van der Waals surface area contributed by atoms with Crippen molar-refractivity contribution in [2.24, 2.45) is 0 Å². The van der Waals surface area contributed by atoms with Gasteiger partial charge in [0, 0.05) is 13.5 Å². The molecule has 0 saturated carbocycles. The van der Waals surface area contributed by atoms with Crippen LogP contribution < -0.4 is 14.8 Å². The van der Waals surface area contributed by atoms with Gasteiger partial charge < -0.3 is 19.2 Å². The van der Waals surface area contributed by atoms with Gasteiger partial charge >= 0.3 is 0 Å². The second-order valence-corrected chi connectivity index (χ2v) is 4.45. The van der Waals surface area contributed by atoms with Gasteiger partial charge in [-0.05, 0) is 24.1 Å². The number of aromatic nitrogens is 1. The van der Waals surface area contributed by atoms with Crippen LogP contribution in [0.4, 0.5) is 0 Å². The van der Waals surface area contributed by atoms with Crippen LogP contribution in [-0.2, 0) is 6.42 Å². The lowest BCUT2D eigenvalue weighted by Gasteiger charge is -2.09. The summed E-state index contributed by atoms with van der Waals surface area (Å²) in [5, 5.41) is 2.79. The normalized spacial score (nSPS) is 10.2. The summed E-state index contributed by atoms with van der Waals surface area (Å²) < 4.78 is 15.4. The number of carbonyl (C=O) groups is 1. The lowest BCUT2D eigenvalue weighted by Crippen LogP contribution is -2.26. The van der Waals surface area contributed by atoms with Gasteiger partial charge in [-0.15, -0.1) is 0 Å². The van der Waals surface area contributed by atoms with Gasteiger partial charge in [-0.2, -0.15) is 0 Å². The molecule has 1 N–H and O–H groups in total.